The first kappa shape index (κ1) is 13.0. The van der Waals surface area contributed by atoms with Crippen molar-refractivity contribution in [3.63, 3.8) is 0 Å². The second-order valence-corrected chi connectivity index (χ2v) is 4.52. The summed E-state index contributed by atoms with van der Waals surface area (Å²) in [5.41, 5.74) is 0.620. The Labute approximate surface area is 108 Å². The minimum atomic E-state index is -0.683. The van der Waals surface area contributed by atoms with Crippen LogP contribution in [0.2, 0.25) is 0 Å². The van der Waals surface area contributed by atoms with Crippen LogP contribution in [0, 0.1) is 18.6 Å². The molecular formula is C12H12ClF2N3. The fraction of sp³-hybridized carbons (Fsp3) is 0.333. The predicted octanol–water partition coefficient (Wildman–Crippen LogP) is 3.54. The van der Waals surface area contributed by atoms with Crippen LogP contribution in [0.1, 0.15) is 30.0 Å². The van der Waals surface area contributed by atoms with Gasteiger partial charge in [-0.05, 0) is 25.0 Å². The van der Waals surface area contributed by atoms with E-state index in [0.717, 1.165) is 4.68 Å². The Hall–Kier alpha value is -1.49. The molecule has 2 aromatic rings. The van der Waals surface area contributed by atoms with Crippen LogP contribution < -0.4 is 0 Å². The Kier molecular flexibility index (Phi) is 3.61. The average molecular weight is 272 g/mol. The van der Waals surface area contributed by atoms with E-state index in [0.29, 0.717) is 17.7 Å². The second-order valence-electron chi connectivity index (χ2n) is 3.99. The number of aromatic nitrogens is 3. The maximum Gasteiger partial charge on any atom is 0.154 e. The number of alkyl halides is 1. The number of hydrogen-bond donors (Lipinski definition) is 0. The molecule has 96 valence electrons. The molecule has 6 heteroatoms. The Morgan fingerprint density at radius 2 is 2.11 bits per heavy atom. The number of aryl methyl sites for hydroxylation is 1. The van der Waals surface area contributed by atoms with Crippen LogP contribution in [0.5, 0.6) is 0 Å². The van der Waals surface area contributed by atoms with E-state index >= 15 is 0 Å². The van der Waals surface area contributed by atoms with Crippen molar-refractivity contribution < 1.29 is 8.78 Å². The summed E-state index contributed by atoms with van der Waals surface area (Å²) in [6, 6.07) is 2.58. The summed E-state index contributed by atoms with van der Waals surface area (Å²) in [4.78, 5) is 0. The van der Waals surface area contributed by atoms with E-state index in [9.17, 15) is 8.78 Å². The number of hydrogen-bond acceptors (Lipinski definition) is 2. The largest absolute Gasteiger partial charge is 0.214 e. The first-order valence-electron chi connectivity index (χ1n) is 5.55. The van der Waals surface area contributed by atoms with Gasteiger partial charge < -0.3 is 0 Å². The van der Waals surface area contributed by atoms with Gasteiger partial charge in [0.25, 0.3) is 0 Å². The first-order chi connectivity index (χ1) is 8.54. The molecule has 1 atom stereocenters. The molecule has 0 fully saturated rings. The number of halogens is 3. The van der Waals surface area contributed by atoms with Crippen molar-refractivity contribution >= 4 is 11.6 Å². The quantitative estimate of drug-likeness (QED) is 0.800. The van der Waals surface area contributed by atoms with E-state index in [1.54, 1.807) is 6.92 Å². The fourth-order valence-electron chi connectivity index (χ4n) is 1.59. The molecule has 18 heavy (non-hydrogen) atoms. The molecule has 2 rings (SSSR count). The molecule has 0 N–H and O–H groups in total. The molecule has 1 aromatic carbocycles. The standard InChI is InChI=1S/C12H12ClF2N3/c1-3-8(13)10-6-18(17-16-10)12-9(14)5-4-7(2)11(12)15/h4-6,8H,3H2,1-2H3. The summed E-state index contributed by atoms with van der Waals surface area (Å²) >= 11 is 6.00. The zero-order valence-corrected chi connectivity index (χ0v) is 10.7. The van der Waals surface area contributed by atoms with Crippen LogP contribution in [0.3, 0.4) is 0 Å². The van der Waals surface area contributed by atoms with Crippen molar-refractivity contribution in [2.75, 3.05) is 0 Å². The van der Waals surface area contributed by atoms with Crippen molar-refractivity contribution in [2.24, 2.45) is 0 Å². The summed E-state index contributed by atoms with van der Waals surface area (Å²) in [5.74, 6) is -1.33. The topological polar surface area (TPSA) is 30.7 Å². The van der Waals surface area contributed by atoms with Crippen LogP contribution in [0.15, 0.2) is 18.3 Å². The van der Waals surface area contributed by atoms with E-state index in [2.05, 4.69) is 10.3 Å². The zero-order valence-electron chi connectivity index (χ0n) is 9.99. The third-order valence-corrected chi connectivity index (χ3v) is 3.21. The molecule has 3 nitrogen and oxygen atoms in total. The van der Waals surface area contributed by atoms with Gasteiger partial charge in [0.2, 0.25) is 0 Å². The third-order valence-electron chi connectivity index (χ3n) is 2.68. The highest BCUT2D eigenvalue weighted by molar-refractivity contribution is 6.20. The molecule has 0 amide bonds. The Morgan fingerprint density at radius 1 is 1.39 bits per heavy atom. The predicted molar refractivity (Wildman–Crippen MR) is 64.9 cm³/mol. The molecule has 1 unspecified atom stereocenters. The lowest BCUT2D eigenvalue weighted by Gasteiger charge is -2.06. The zero-order chi connectivity index (χ0) is 13.3. The van der Waals surface area contributed by atoms with E-state index in [4.69, 9.17) is 11.6 Å². The van der Waals surface area contributed by atoms with Crippen molar-refractivity contribution in [3.8, 4) is 5.69 Å². The Bertz CT molecular complexity index is 568. The molecule has 1 aromatic heterocycles. The van der Waals surface area contributed by atoms with Gasteiger partial charge in [-0.3, -0.25) is 0 Å². The van der Waals surface area contributed by atoms with Crippen molar-refractivity contribution in [1.29, 1.82) is 0 Å². The van der Waals surface area contributed by atoms with E-state index in [1.165, 1.54) is 18.3 Å². The second kappa shape index (κ2) is 5.02. The molecule has 0 aliphatic rings. The lowest BCUT2D eigenvalue weighted by Crippen LogP contribution is -2.04. The van der Waals surface area contributed by atoms with E-state index in [1.807, 2.05) is 6.92 Å². The summed E-state index contributed by atoms with van der Waals surface area (Å²) in [6.07, 6.45) is 2.11. The van der Waals surface area contributed by atoms with Crippen molar-refractivity contribution in [1.82, 2.24) is 15.0 Å². The number of benzene rings is 1. The highest BCUT2D eigenvalue weighted by Crippen LogP contribution is 2.24. The van der Waals surface area contributed by atoms with Crippen LogP contribution in [-0.4, -0.2) is 15.0 Å². The van der Waals surface area contributed by atoms with E-state index < -0.39 is 11.6 Å². The van der Waals surface area contributed by atoms with Gasteiger partial charge in [0.1, 0.15) is 11.4 Å². The highest BCUT2D eigenvalue weighted by Gasteiger charge is 2.17. The van der Waals surface area contributed by atoms with Crippen LogP contribution in [0.4, 0.5) is 8.78 Å². The summed E-state index contributed by atoms with van der Waals surface area (Å²) in [7, 11) is 0. The molecule has 0 aliphatic heterocycles. The first-order valence-corrected chi connectivity index (χ1v) is 5.99. The maximum atomic E-state index is 13.9. The lowest BCUT2D eigenvalue weighted by atomic mass is 10.2. The summed E-state index contributed by atoms with van der Waals surface area (Å²) in [6.45, 7) is 3.46. The molecule has 0 bridgehead atoms. The number of rotatable bonds is 3. The van der Waals surface area contributed by atoms with Gasteiger partial charge in [-0.2, -0.15) is 0 Å². The molecule has 0 saturated heterocycles. The maximum absolute atomic E-state index is 13.9. The molecule has 0 spiro atoms. The van der Waals surface area contributed by atoms with E-state index in [-0.39, 0.29) is 11.1 Å². The van der Waals surface area contributed by atoms with Crippen molar-refractivity contribution in [3.05, 3.63) is 41.2 Å². The molecule has 0 radical (unpaired) electrons. The lowest BCUT2D eigenvalue weighted by molar-refractivity contribution is 0.551. The van der Waals surface area contributed by atoms with Crippen LogP contribution >= 0.6 is 11.6 Å². The Morgan fingerprint density at radius 3 is 2.78 bits per heavy atom. The smallest absolute Gasteiger partial charge is 0.154 e. The van der Waals surface area contributed by atoms with Crippen molar-refractivity contribution in [2.45, 2.75) is 25.6 Å². The van der Waals surface area contributed by atoms with Gasteiger partial charge in [-0.15, -0.1) is 16.7 Å². The monoisotopic (exact) mass is 271 g/mol. The minimum absolute atomic E-state index is 0.228. The molecule has 0 aliphatic carbocycles. The number of nitrogens with zero attached hydrogens (tertiary/aromatic N) is 3. The van der Waals surface area contributed by atoms with Gasteiger partial charge in [0.15, 0.2) is 11.6 Å². The summed E-state index contributed by atoms with van der Waals surface area (Å²) < 4.78 is 28.6. The van der Waals surface area contributed by atoms with Gasteiger partial charge in [-0.1, -0.05) is 18.2 Å². The summed E-state index contributed by atoms with van der Waals surface area (Å²) in [5, 5.41) is 7.23. The van der Waals surface area contributed by atoms with Crippen LogP contribution in [0.25, 0.3) is 5.69 Å². The van der Waals surface area contributed by atoms with Gasteiger partial charge >= 0.3 is 0 Å². The molecule has 1 heterocycles. The highest BCUT2D eigenvalue weighted by atomic mass is 35.5. The fourth-order valence-corrected chi connectivity index (χ4v) is 1.69. The SMILES string of the molecule is CCC(Cl)c1cn(-c2c(F)ccc(C)c2F)nn1. The van der Waals surface area contributed by atoms with Gasteiger partial charge in [0.05, 0.1) is 11.6 Å². The average Bonchev–Trinajstić information content (AvgIpc) is 2.83. The van der Waals surface area contributed by atoms with Gasteiger partial charge in [-0.25, -0.2) is 13.5 Å². The molecular weight excluding hydrogens is 260 g/mol. The normalized spacial score (nSPS) is 12.7. The van der Waals surface area contributed by atoms with Crippen LogP contribution in [-0.2, 0) is 0 Å². The van der Waals surface area contributed by atoms with Gasteiger partial charge in [0, 0.05) is 0 Å². The Balaban J connectivity index is 2.49. The third kappa shape index (κ3) is 2.22. The molecule has 0 saturated carbocycles. The minimum Gasteiger partial charge on any atom is -0.214 e.